The van der Waals surface area contributed by atoms with Gasteiger partial charge in [0, 0.05) is 11.3 Å². The van der Waals surface area contributed by atoms with Crippen LogP contribution in [-0.4, -0.2) is 19.5 Å². The molecule has 3 rings (SSSR count). The van der Waals surface area contributed by atoms with Gasteiger partial charge in [0.05, 0.1) is 17.3 Å². The highest BCUT2D eigenvalue weighted by molar-refractivity contribution is 7.94. The number of hydrogen-bond acceptors (Lipinski definition) is 7. The van der Waals surface area contributed by atoms with Crippen LogP contribution in [0.1, 0.15) is 35.2 Å². The molecule has 0 atom stereocenters. The Bertz CT molecular complexity index is 1250. The Hall–Kier alpha value is -3.42. The maximum absolute atomic E-state index is 12.6. The van der Waals surface area contributed by atoms with Crippen LogP contribution in [0.3, 0.4) is 0 Å². The van der Waals surface area contributed by atoms with Crippen LogP contribution in [0.15, 0.2) is 45.1 Å². The Balaban J connectivity index is 1.78. The zero-order chi connectivity index (χ0) is 21.7. The van der Waals surface area contributed by atoms with Crippen molar-refractivity contribution < 1.29 is 17.7 Å². The molecule has 2 N–H and O–H groups in total. The van der Waals surface area contributed by atoms with E-state index in [-0.39, 0.29) is 10.1 Å². The van der Waals surface area contributed by atoms with Crippen LogP contribution < -0.4 is 10.0 Å². The van der Waals surface area contributed by atoms with E-state index in [4.69, 9.17) is 9.78 Å². The number of aryl methyl sites for hydroxylation is 1. The first-order chi connectivity index (χ1) is 14.3. The number of nitrogens with zero attached hydrogens (tertiary/aromatic N) is 2. The Morgan fingerprint density at radius 3 is 2.83 bits per heavy atom. The summed E-state index contributed by atoms with van der Waals surface area (Å²) in [5.74, 6) is 0.213. The third-order valence-corrected chi connectivity index (χ3v) is 6.91. The van der Waals surface area contributed by atoms with Crippen LogP contribution >= 0.6 is 11.3 Å². The molecule has 0 saturated heterocycles. The summed E-state index contributed by atoms with van der Waals surface area (Å²) in [6.45, 7) is 3.46. The van der Waals surface area contributed by atoms with Crippen molar-refractivity contribution in [3.05, 3.63) is 58.3 Å². The van der Waals surface area contributed by atoms with Crippen LogP contribution in [0.5, 0.6) is 0 Å². The number of carbonyl (C=O) groups excluding carboxylic acids is 1. The Labute approximate surface area is 177 Å². The maximum atomic E-state index is 12.6. The summed E-state index contributed by atoms with van der Waals surface area (Å²) in [4.78, 5) is 12.3. The van der Waals surface area contributed by atoms with Gasteiger partial charge in [-0.2, -0.15) is 5.26 Å². The zero-order valence-corrected chi connectivity index (χ0v) is 17.8. The third-order valence-electron chi connectivity index (χ3n) is 3.98. The van der Waals surface area contributed by atoms with Crippen LogP contribution in [0.2, 0.25) is 0 Å². The normalized spacial score (nSPS) is 11.4. The number of benzene rings is 1. The molecule has 0 aliphatic rings. The minimum absolute atomic E-state index is 0.123. The fourth-order valence-corrected chi connectivity index (χ4v) is 4.74. The molecule has 0 saturated carbocycles. The van der Waals surface area contributed by atoms with Gasteiger partial charge in [0.25, 0.3) is 10.0 Å². The van der Waals surface area contributed by atoms with Gasteiger partial charge in [-0.3, -0.25) is 9.52 Å². The van der Waals surface area contributed by atoms with Gasteiger partial charge in [0.2, 0.25) is 5.91 Å². The second-order valence-electron chi connectivity index (χ2n) is 6.20. The lowest BCUT2D eigenvalue weighted by Crippen LogP contribution is -2.11. The van der Waals surface area contributed by atoms with E-state index in [1.165, 1.54) is 12.1 Å². The molecule has 2 aromatic heterocycles. The summed E-state index contributed by atoms with van der Waals surface area (Å²) in [6, 6.07) is 11.4. The number of amides is 1. The third kappa shape index (κ3) is 4.94. The molecule has 10 heteroatoms. The van der Waals surface area contributed by atoms with Gasteiger partial charge < -0.3 is 9.84 Å². The molecule has 0 unspecified atom stereocenters. The molecule has 0 fully saturated rings. The first kappa shape index (κ1) is 21.3. The fraction of sp³-hybridized carbons (Fsp3) is 0.150. The largest absolute Gasteiger partial charge is 0.354 e. The predicted octanol–water partition coefficient (Wildman–Crippen LogP) is 4.24. The van der Waals surface area contributed by atoms with Gasteiger partial charge in [-0.25, -0.2) is 8.42 Å². The van der Waals surface area contributed by atoms with E-state index in [9.17, 15) is 13.2 Å². The lowest BCUT2D eigenvalue weighted by Gasteiger charge is -2.06. The molecule has 0 bridgehead atoms. The second-order valence-corrected chi connectivity index (χ2v) is 9.22. The lowest BCUT2D eigenvalue weighted by atomic mass is 10.2. The topological polar surface area (TPSA) is 125 Å². The number of nitrogens with one attached hydrogen (secondary N) is 2. The molecule has 0 radical (unpaired) electrons. The number of hydrogen-bond donors (Lipinski definition) is 2. The average molecular weight is 443 g/mol. The highest BCUT2D eigenvalue weighted by Crippen LogP contribution is 2.27. The lowest BCUT2D eigenvalue weighted by molar-refractivity contribution is -0.115. The number of sulfonamides is 1. The monoisotopic (exact) mass is 442 g/mol. The molecule has 2 heterocycles. The molecule has 0 aliphatic carbocycles. The van der Waals surface area contributed by atoms with Crippen LogP contribution in [0, 0.1) is 18.3 Å². The van der Waals surface area contributed by atoms with Gasteiger partial charge in [0.15, 0.2) is 5.76 Å². The molecule has 0 spiro atoms. The minimum atomic E-state index is -3.79. The zero-order valence-electron chi connectivity index (χ0n) is 16.2. The smallest absolute Gasteiger partial charge is 0.271 e. The van der Waals surface area contributed by atoms with Crippen molar-refractivity contribution in [3.63, 3.8) is 0 Å². The highest BCUT2D eigenvalue weighted by Gasteiger charge is 2.17. The van der Waals surface area contributed by atoms with Gasteiger partial charge in [-0.05, 0) is 49.4 Å². The molecule has 154 valence electrons. The predicted molar refractivity (Wildman–Crippen MR) is 115 cm³/mol. The molecule has 1 amide bonds. The SMILES string of the molecule is CCC(=O)Nc1c(C)noc1C=Cc1ccc(S(=O)(=O)Nc2cccc(C#N)c2)s1. The summed E-state index contributed by atoms with van der Waals surface area (Å²) >= 11 is 1.07. The molecular weight excluding hydrogens is 424 g/mol. The maximum Gasteiger partial charge on any atom is 0.271 e. The second kappa shape index (κ2) is 8.94. The van der Waals surface area contributed by atoms with Crippen molar-refractivity contribution in [2.75, 3.05) is 10.0 Å². The molecular formula is C20H18N4O4S2. The van der Waals surface area contributed by atoms with Crippen molar-refractivity contribution in [1.82, 2.24) is 5.16 Å². The van der Waals surface area contributed by atoms with E-state index >= 15 is 0 Å². The number of nitriles is 1. The quantitative estimate of drug-likeness (QED) is 0.564. The van der Waals surface area contributed by atoms with Crippen LogP contribution in [-0.2, 0) is 14.8 Å². The van der Waals surface area contributed by atoms with E-state index in [2.05, 4.69) is 15.2 Å². The van der Waals surface area contributed by atoms with Crippen molar-refractivity contribution in [2.24, 2.45) is 0 Å². The number of rotatable bonds is 7. The first-order valence-corrected chi connectivity index (χ1v) is 11.2. The standard InChI is InChI=1S/C20H18N4O4S2/c1-3-18(25)22-20-13(2)23-28-17(20)9-7-16-8-10-19(29-16)30(26,27)24-15-6-4-5-14(11-15)12-21/h4-11,24H,3H2,1-2H3,(H,22,25). The first-order valence-electron chi connectivity index (χ1n) is 8.89. The number of anilines is 2. The molecule has 8 nitrogen and oxygen atoms in total. The highest BCUT2D eigenvalue weighted by atomic mass is 32.2. The molecule has 0 aliphatic heterocycles. The van der Waals surface area contributed by atoms with E-state index in [0.29, 0.717) is 39.7 Å². The van der Waals surface area contributed by atoms with E-state index in [1.807, 2.05) is 6.07 Å². The summed E-state index contributed by atoms with van der Waals surface area (Å²) in [5, 5.41) is 15.5. The summed E-state index contributed by atoms with van der Waals surface area (Å²) < 4.78 is 33.1. The minimum Gasteiger partial charge on any atom is -0.354 e. The summed E-state index contributed by atoms with van der Waals surface area (Å²) in [7, 11) is -3.79. The Kier molecular flexibility index (Phi) is 6.34. The van der Waals surface area contributed by atoms with Gasteiger partial charge in [0.1, 0.15) is 15.6 Å². The Morgan fingerprint density at radius 2 is 2.10 bits per heavy atom. The van der Waals surface area contributed by atoms with Gasteiger partial charge >= 0.3 is 0 Å². The summed E-state index contributed by atoms with van der Waals surface area (Å²) in [6.07, 6.45) is 3.63. The van der Waals surface area contributed by atoms with Gasteiger partial charge in [-0.15, -0.1) is 11.3 Å². The molecule has 3 aromatic rings. The Morgan fingerprint density at radius 1 is 1.30 bits per heavy atom. The van der Waals surface area contributed by atoms with Crippen molar-refractivity contribution in [2.45, 2.75) is 24.5 Å². The van der Waals surface area contributed by atoms with E-state index < -0.39 is 10.0 Å². The molecule has 30 heavy (non-hydrogen) atoms. The van der Waals surface area contributed by atoms with Gasteiger partial charge in [-0.1, -0.05) is 18.1 Å². The number of aromatic nitrogens is 1. The average Bonchev–Trinajstić information content (AvgIpc) is 3.34. The van der Waals surface area contributed by atoms with Crippen LogP contribution in [0.25, 0.3) is 12.2 Å². The molecule has 1 aromatic carbocycles. The summed E-state index contributed by atoms with van der Waals surface area (Å²) in [5.41, 5.74) is 1.71. The van der Waals surface area contributed by atoms with Crippen LogP contribution in [0.4, 0.5) is 11.4 Å². The van der Waals surface area contributed by atoms with E-state index in [0.717, 1.165) is 11.3 Å². The van der Waals surface area contributed by atoms with Crippen molar-refractivity contribution >= 4 is 50.8 Å². The van der Waals surface area contributed by atoms with E-state index in [1.54, 1.807) is 50.3 Å². The van der Waals surface area contributed by atoms with Crippen molar-refractivity contribution in [1.29, 1.82) is 5.26 Å². The fourth-order valence-electron chi connectivity index (χ4n) is 2.46. The number of thiophene rings is 1. The number of carbonyl (C=O) groups is 1. The van der Waals surface area contributed by atoms with Crippen molar-refractivity contribution in [3.8, 4) is 6.07 Å².